The average molecular weight is 526 g/mol. The Kier molecular flexibility index (Phi) is 7.15. The van der Waals surface area contributed by atoms with Gasteiger partial charge in [-0.2, -0.15) is 0 Å². The first-order chi connectivity index (χ1) is 18.9. The van der Waals surface area contributed by atoms with E-state index in [0.29, 0.717) is 46.3 Å². The number of ether oxygens (including phenoxy) is 1. The zero-order valence-electron chi connectivity index (χ0n) is 20.8. The zero-order chi connectivity index (χ0) is 27.4. The molecule has 0 saturated carbocycles. The Bertz CT molecular complexity index is 1740. The minimum absolute atomic E-state index is 0.120. The summed E-state index contributed by atoms with van der Waals surface area (Å²) in [5.41, 5.74) is 7.86. The molecule has 0 aliphatic rings. The number of nitrogen functional groups attached to an aromatic ring is 1. The van der Waals surface area contributed by atoms with Gasteiger partial charge < -0.3 is 21.1 Å². The maximum atomic E-state index is 13.8. The van der Waals surface area contributed by atoms with Crippen molar-refractivity contribution in [1.82, 2.24) is 24.4 Å². The largest absolute Gasteiger partial charge is 0.457 e. The number of nitrogens with one attached hydrogen (secondary N) is 2. The van der Waals surface area contributed by atoms with Crippen molar-refractivity contribution in [3.8, 4) is 22.9 Å². The van der Waals surface area contributed by atoms with Gasteiger partial charge in [-0.1, -0.05) is 18.2 Å². The third-order valence-corrected chi connectivity index (χ3v) is 5.74. The summed E-state index contributed by atoms with van der Waals surface area (Å²) in [7, 11) is 1.78. The molecule has 0 fully saturated rings. The third-order valence-electron chi connectivity index (χ3n) is 5.74. The number of nitrogens with two attached hydrogens (primary N) is 1. The lowest BCUT2D eigenvalue weighted by Crippen LogP contribution is -2.22. The fourth-order valence-corrected chi connectivity index (χ4v) is 4.04. The van der Waals surface area contributed by atoms with Gasteiger partial charge in [0.15, 0.2) is 11.5 Å². The normalized spacial score (nSPS) is 11.2. The Labute approximate surface area is 222 Å². The van der Waals surface area contributed by atoms with Crippen LogP contribution >= 0.6 is 0 Å². The van der Waals surface area contributed by atoms with Crippen LogP contribution < -0.4 is 26.8 Å². The van der Waals surface area contributed by atoms with Crippen LogP contribution in [0.2, 0.25) is 0 Å². The van der Waals surface area contributed by atoms with Gasteiger partial charge in [-0.3, -0.25) is 9.36 Å². The lowest BCUT2D eigenvalue weighted by molar-refractivity contribution is -0.111. The molecule has 0 unspecified atom stereocenters. The van der Waals surface area contributed by atoms with Gasteiger partial charge in [-0.25, -0.2) is 23.7 Å². The van der Waals surface area contributed by atoms with Gasteiger partial charge in [-0.05, 0) is 61.6 Å². The standard InChI is InChI=1S/C28H24FN7O3/c1-31-14-4-9-24(37)34-19-6-3-7-21(16-19)36-27-25(26(30)32-17-33-27)35(28(36)38)20-10-12-22(13-11-20)39-23-8-2-5-18(29)15-23/h2-13,15-17,31H,14H2,1H3,(H,34,37)(H2,30,32,33)/b9-4+. The Morgan fingerprint density at radius 1 is 1.00 bits per heavy atom. The number of likely N-dealkylation sites (N-methyl/N-ethyl adjacent to an activating group) is 1. The highest BCUT2D eigenvalue weighted by Gasteiger charge is 2.20. The summed E-state index contributed by atoms with van der Waals surface area (Å²) in [5, 5.41) is 5.71. The van der Waals surface area contributed by atoms with E-state index in [9.17, 15) is 14.0 Å². The molecule has 196 valence electrons. The molecular formula is C28H24FN7O3. The van der Waals surface area contributed by atoms with E-state index in [-0.39, 0.29) is 11.7 Å². The van der Waals surface area contributed by atoms with Gasteiger partial charge in [0.1, 0.15) is 29.2 Å². The molecule has 3 aromatic carbocycles. The Hall–Kier alpha value is -5.29. The average Bonchev–Trinajstić information content (AvgIpc) is 3.22. The van der Waals surface area contributed by atoms with Crippen LogP contribution in [0.4, 0.5) is 15.9 Å². The lowest BCUT2D eigenvalue weighted by atomic mass is 10.2. The molecule has 0 radical (unpaired) electrons. The molecule has 5 rings (SSSR count). The van der Waals surface area contributed by atoms with Crippen LogP contribution in [0, 0.1) is 5.82 Å². The van der Waals surface area contributed by atoms with E-state index in [4.69, 9.17) is 10.5 Å². The number of imidazole rings is 1. The molecule has 10 nitrogen and oxygen atoms in total. The number of carbonyl (C=O) groups excluding carboxylic acids is 1. The molecule has 2 heterocycles. The van der Waals surface area contributed by atoms with Crippen molar-refractivity contribution in [2.24, 2.45) is 0 Å². The maximum absolute atomic E-state index is 13.8. The molecule has 4 N–H and O–H groups in total. The minimum Gasteiger partial charge on any atom is -0.457 e. The van der Waals surface area contributed by atoms with Gasteiger partial charge in [0.2, 0.25) is 5.91 Å². The van der Waals surface area contributed by atoms with Crippen LogP contribution in [0.15, 0.2) is 96.1 Å². The quantitative estimate of drug-likeness (QED) is 0.263. The number of amides is 1. The van der Waals surface area contributed by atoms with Crippen molar-refractivity contribution in [2.45, 2.75) is 0 Å². The lowest BCUT2D eigenvalue weighted by Gasteiger charge is -2.08. The number of hydrogen-bond acceptors (Lipinski definition) is 7. The Balaban J connectivity index is 1.53. The van der Waals surface area contributed by atoms with E-state index in [1.165, 1.54) is 33.7 Å². The van der Waals surface area contributed by atoms with Crippen LogP contribution in [0.25, 0.3) is 22.5 Å². The van der Waals surface area contributed by atoms with Crippen molar-refractivity contribution in [3.63, 3.8) is 0 Å². The molecule has 0 spiro atoms. The molecular weight excluding hydrogens is 501 g/mol. The van der Waals surface area contributed by atoms with E-state index in [2.05, 4.69) is 20.6 Å². The van der Waals surface area contributed by atoms with Crippen molar-refractivity contribution in [1.29, 1.82) is 0 Å². The summed E-state index contributed by atoms with van der Waals surface area (Å²) in [6.45, 7) is 0.557. The number of benzene rings is 3. The smallest absolute Gasteiger partial charge is 0.339 e. The number of hydrogen-bond donors (Lipinski definition) is 3. The topological polar surface area (TPSA) is 129 Å². The number of anilines is 2. The highest BCUT2D eigenvalue weighted by atomic mass is 19.1. The summed E-state index contributed by atoms with van der Waals surface area (Å²) in [4.78, 5) is 34.4. The first-order valence-electron chi connectivity index (χ1n) is 11.9. The van der Waals surface area contributed by atoms with Gasteiger partial charge >= 0.3 is 5.69 Å². The van der Waals surface area contributed by atoms with Gasteiger partial charge in [0.25, 0.3) is 0 Å². The molecule has 0 bridgehead atoms. The summed E-state index contributed by atoms with van der Waals surface area (Å²) >= 11 is 0. The molecule has 1 amide bonds. The molecule has 39 heavy (non-hydrogen) atoms. The first-order valence-corrected chi connectivity index (χ1v) is 11.9. The molecule has 5 aromatic rings. The van der Waals surface area contributed by atoms with E-state index in [1.54, 1.807) is 73.8 Å². The molecule has 0 aliphatic heterocycles. The van der Waals surface area contributed by atoms with Crippen LogP contribution in [-0.2, 0) is 4.79 Å². The van der Waals surface area contributed by atoms with Crippen molar-refractivity contribution >= 4 is 28.6 Å². The predicted octanol–water partition coefficient (Wildman–Crippen LogP) is 3.80. The van der Waals surface area contributed by atoms with E-state index < -0.39 is 11.5 Å². The molecule has 0 saturated heterocycles. The second-order valence-electron chi connectivity index (χ2n) is 8.44. The van der Waals surface area contributed by atoms with E-state index >= 15 is 0 Å². The van der Waals surface area contributed by atoms with Gasteiger partial charge in [0.05, 0.1) is 11.4 Å². The zero-order valence-corrected chi connectivity index (χ0v) is 20.8. The SMILES string of the molecule is CNC/C=C/C(=O)Nc1cccc(-n2c(=O)n(-c3ccc(Oc4cccc(F)c4)cc3)c3c(N)ncnc32)c1. The highest BCUT2D eigenvalue weighted by molar-refractivity contribution is 5.99. The van der Waals surface area contributed by atoms with Gasteiger partial charge in [0, 0.05) is 24.4 Å². The van der Waals surface area contributed by atoms with Crippen LogP contribution in [0.1, 0.15) is 0 Å². The maximum Gasteiger partial charge on any atom is 0.339 e. The second-order valence-corrected chi connectivity index (χ2v) is 8.44. The summed E-state index contributed by atoms with van der Waals surface area (Å²) in [6, 6.07) is 19.3. The number of nitrogens with zero attached hydrogens (tertiary/aromatic N) is 4. The summed E-state index contributed by atoms with van der Waals surface area (Å²) in [5.74, 6) is 0.212. The van der Waals surface area contributed by atoms with Crippen LogP contribution in [-0.4, -0.2) is 38.6 Å². The number of halogens is 1. The van der Waals surface area contributed by atoms with E-state index in [1.807, 2.05) is 0 Å². The van der Waals surface area contributed by atoms with Crippen molar-refractivity contribution < 1.29 is 13.9 Å². The molecule has 0 atom stereocenters. The third kappa shape index (κ3) is 5.38. The minimum atomic E-state index is -0.437. The highest BCUT2D eigenvalue weighted by Crippen LogP contribution is 2.27. The van der Waals surface area contributed by atoms with Crippen LogP contribution in [0.3, 0.4) is 0 Å². The fraction of sp³-hybridized carbons (Fsp3) is 0.0714. The monoisotopic (exact) mass is 525 g/mol. The molecule has 11 heteroatoms. The van der Waals surface area contributed by atoms with Crippen molar-refractivity contribution in [3.05, 3.63) is 108 Å². The second kappa shape index (κ2) is 11.0. The molecule has 2 aromatic heterocycles. The van der Waals surface area contributed by atoms with E-state index in [0.717, 1.165) is 0 Å². The number of rotatable bonds is 8. The van der Waals surface area contributed by atoms with Gasteiger partial charge in [-0.15, -0.1) is 0 Å². The predicted molar refractivity (Wildman–Crippen MR) is 147 cm³/mol. The summed E-state index contributed by atoms with van der Waals surface area (Å²) in [6.07, 6.45) is 4.41. The molecule has 0 aliphatic carbocycles. The van der Waals surface area contributed by atoms with Crippen molar-refractivity contribution in [2.75, 3.05) is 24.6 Å². The number of fused-ring (bicyclic) bond motifs is 1. The Morgan fingerprint density at radius 2 is 1.79 bits per heavy atom. The Morgan fingerprint density at radius 3 is 2.56 bits per heavy atom. The summed E-state index contributed by atoms with van der Waals surface area (Å²) < 4.78 is 22.0. The number of aromatic nitrogens is 4. The first kappa shape index (κ1) is 25.4. The fourth-order valence-electron chi connectivity index (χ4n) is 4.04. The van der Waals surface area contributed by atoms with Crippen LogP contribution in [0.5, 0.6) is 11.5 Å². The number of carbonyl (C=O) groups is 1.